The minimum Gasteiger partial charge on any atom is -0.508 e. The fourth-order valence-electron chi connectivity index (χ4n) is 2.01. The molecule has 0 aliphatic carbocycles. The maximum atomic E-state index is 9.22. The first kappa shape index (κ1) is 13.5. The van der Waals surface area contributed by atoms with Gasteiger partial charge in [-0.1, -0.05) is 12.1 Å². The number of hydrogen-bond donors (Lipinski definition) is 3. The second kappa shape index (κ2) is 6.89. The van der Waals surface area contributed by atoms with Crippen LogP contribution in [0.1, 0.15) is 24.7 Å². The molecule has 5 nitrogen and oxygen atoms in total. The third-order valence-electron chi connectivity index (χ3n) is 3.03. The summed E-state index contributed by atoms with van der Waals surface area (Å²) in [6.45, 7) is 3.13. The van der Waals surface area contributed by atoms with Crippen molar-refractivity contribution in [2.75, 3.05) is 6.54 Å². The topological polar surface area (TPSA) is 73.8 Å². The first-order valence-electron chi connectivity index (χ1n) is 6.59. The van der Waals surface area contributed by atoms with E-state index in [0.717, 1.165) is 31.6 Å². The van der Waals surface area contributed by atoms with Crippen LogP contribution in [0.25, 0.3) is 0 Å². The molecule has 0 saturated heterocycles. The Bertz CT molecular complexity index is 467. The molecule has 0 aliphatic rings. The Morgan fingerprint density at radius 1 is 1.32 bits per heavy atom. The van der Waals surface area contributed by atoms with Crippen LogP contribution in [0.15, 0.2) is 30.6 Å². The van der Waals surface area contributed by atoms with Crippen molar-refractivity contribution in [1.82, 2.24) is 20.5 Å². The summed E-state index contributed by atoms with van der Waals surface area (Å²) >= 11 is 0. The molecule has 0 spiro atoms. The van der Waals surface area contributed by atoms with E-state index < -0.39 is 0 Å². The first-order chi connectivity index (χ1) is 9.24. The monoisotopic (exact) mass is 260 g/mol. The third kappa shape index (κ3) is 4.71. The van der Waals surface area contributed by atoms with E-state index in [2.05, 4.69) is 27.4 Å². The van der Waals surface area contributed by atoms with Gasteiger partial charge < -0.3 is 10.4 Å². The molecule has 1 aromatic heterocycles. The molecule has 2 aromatic rings. The zero-order chi connectivity index (χ0) is 13.5. The van der Waals surface area contributed by atoms with Crippen molar-refractivity contribution in [1.29, 1.82) is 0 Å². The number of hydrogen-bond acceptors (Lipinski definition) is 4. The second-order valence-electron chi connectivity index (χ2n) is 4.76. The van der Waals surface area contributed by atoms with Gasteiger partial charge >= 0.3 is 0 Å². The number of H-pyrrole nitrogens is 1. The molecule has 0 aliphatic heterocycles. The molecule has 0 saturated carbocycles. The summed E-state index contributed by atoms with van der Waals surface area (Å²) in [6, 6.07) is 7.79. The van der Waals surface area contributed by atoms with E-state index in [1.165, 1.54) is 11.9 Å². The van der Waals surface area contributed by atoms with Crippen molar-refractivity contribution in [2.45, 2.75) is 32.2 Å². The molecule has 1 atom stereocenters. The summed E-state index contributed by atoms with van der Waals surface area (Å²) in [6.07, 6.45) is 4.45. The van der Waals surface area contributed by atoms with E-state index in [9.17, 15) is 5.11 Å². The predicted molar refractivity (Wildman–Crippen MR) is 74.0 cm³/mol. The summed E-state index contributed by atoms with van der Waals surface area (Å²) in [5.74, 6) is 1.25. The zero-order valence-corrected chi connectivity index (χ0v) is 11.1. The average Bonchev–Trinajstić information content (AvgIpc) is 2.91. The van der Waals surface area contributed by atoms with Crippen LogP contribution in [0.2, 0.25) is 0 Å². The average molecular weight is 260 g/mol. The number of rotatable bonds is 7. The van der Waals surface area contributed by atoms with Crippen molar-refractivity contribution >= 4 is 0 Å². The summed E-state index contributed by atoms with van der Waals surface area (Å²) in [5.41, 5.74) is 1.23. The van der Waals surface area contributed by atoms with Gasteiger partial charge in [0, 0.05) is 12.5 Å². The van der Waals surface area contributed by atoms with Crippen molar-refractivity contribution in [3.05, 3.63) is 42.0 Å². The standard InChI is InChI=1S/C14H20N4O/c1-11(9-12-4-6-13(19)7-5-12)15-8-2-3-14-16-10-17-18-14/h4-7,10-11,15,19H,2-3,8-9H2,1H3,(H,16,17,18). The van der Waals surface area contributed by atoms with E-state index in [1.54, 1.807) is 12.1 Å². The SMILES string of the molecule is CC(Cc1ccc(O)cc1)NCCCc1ncn[nH]1. The molecule has 1 aromatic carbocycles. The number of aromatic amines is 1. The number of nitrogens with zero attached hydrogens (tertiary/aromatic N) is 2. The van der Waals surface area contributed by atoms with Gasteiger partial charge in [-0.25, -0.2) is 4.98 Å². The van der Waals surface area contributed by atoms with Crippen molar-refractivity contribution in [3.63, 3.8) is 0 Å². The maximum Gasteiger partial charge on any atom is 0.137 e. The van der Waals surface area contributed by atoms with Gasteiger partial charge in [-0.2, -0.15) is 5.10 Å². The van der Waals surface area contributed by atoms with Gasteiger partial charge in [0.25, 0.3) is 0 Å². The normalized spacial score (nSPS) is 12.5. The molecular weight excluding hydrogens is 240 g/mol. The molecule has 102 valence electrons. The number of phenols is 1. The summed E-state index contributed by atoms with van der Waals surface area (Å²) in [4.78, 5) is 4.09. The minimum absolute atomic E-state index is 0.316. The Morgan fingerprint density at radius 2 is 2.11 bits per heavy atom. The molecule has 2 rings (SSSR count). The van der Waals surface area contributed by atoms with E-state index in [1.807, 2.05) is 12.1 Å². The molecule has 19 heavy (non-hydrogen) atoms. The highest BCUT2D eigenvalue weighted by atomic mass is 16.3. The number of nitrogens with one attached hydrogen (secondary N) is 2. The number of aromatic hydroxyl groups is 1. The lowest BCUT2D eigenvalue weighted by molar-refractivity contribution is 0.474. The van der Waals surface area contributed by atoms with Crippen LogP contribution in [0.5, 0.6) is 5.75 Å². The predicted octanol–water partition coefficient (Wildman–Crippen LogP) is 1.66. The number of benzene rings is 1. The number of aromatic nitrogens is 3. The van der Waals surface area contributed by atoms with Crippen LogP contribution < -0.4 is 5.32 Å². The zero-order valence-electron chi connectivity index (χ0n) is 11.1. The van der Waals surface area contributed by atoms with Crippen molar-refractivity contribution in [3.8, 4) is 5.75 Å². The molecule has 1 heterocycles. The highest BCUT2D eigenvalue weighted by Gasteiger charge is 2.03. The van der Waals surface area contributed by atoms with Crippen LogP contribution >= 0.6 is 0 Å². The fraction of sp³-hybridized carbons (Fsp3) is 0.429. The number of aryl methyl sites for hydroxylation is 1. The van der Waals surface area contributed by atoms with Crippen LogP contribution in [0.4, 0.5) is 0 Å². The Hall–Kier alpha value is -1.88. The van der Waals surface area contributed by atoms with Crippen molar-refractivity contribution in [2.24, 2.45) is 0 Å². The summed E-state index contributed by atoms with van der Waals surface area (Å²) < 4.78 is 0. The van der Waals surface area contributed by atoms with E-state index in [4.69, 9.17) is 0 Å². The van der Waals surface area contributed by atoms with Gasteiger partial charge in [-0.15, -0.1) is 0 Å². The second-order valence-corrected chi connectivity index (χ2v) is 4.76. The fourth-order valence-corrected chi connectivity index (χ4v) is 2.01. The summed E-state index contributed by atoms with van der Waals surface area (Å²) in [7, 11) is 0. The molecule has 0 fully saturated rings. The van der Waals surface area contributed by atoms with Crippen LogP contribution in [0, 0.1) is 0 Å². The Kier molecular flexibility index (Phi) is 4.92. The number of phenolic OH excluding ortho intramolecular Hbond substituents is 1. The van der Waals surface area contributed by atoms with E-state index in [0.29, 0.717) is 11.8 Å². The minimum atomic E-state index is 0.316. The van der Waals surface area contributed by atoms with Gasteiger partial charge in [0.15, 0.2) is 0 Å². The largest absolute Gasteiger partial charge is 0.508 e. The molecule has 0 amide bonds. The molecule has 3 N–H and O–H groups in total. The lowest BCUT2D eigenvalue weighted by Crippen LogP contribution is -2.29. The van der Waals surface area contributed by atoms with Gasteiger partial charge in [0.05, 0.1) is 0 Å². The van der Waals surface area contributed by atoms with E-state index >= 15 is 0 Å². The highest BCUT2D eigenvalue weighted by Crippen LogP contribution is 2.11. The maximum absolute atomic E-state index is 9.22. The molecular formula is C14H20N4O. The first-order valence-corrected chi connectivity index (χ1v) is 6.59. The third-order valence-corrected chi connectivity index (χ3v) is 3.03. The van der Waals surface area contributed by atoms with Crippen LogP contribution in [-0.2, 0) is 12.8 Å². The quantitative estimate of drug-likeness (QED) is 0.662. The molecule has 0 radical (unpaired) electrons. The summed E-state index contributed by atoms with van der Waals surface area (Å²) in [5, 5.41) is 19.4. The Labute approximate surface area is 113 Å². The van der Waals surface area contributed by atoms with Crippen LogP contribution in [0.3, 0.4) is 0 Å². The van der Waals surface area contributed by atoms with Gasteiger partial charge in [-0.3, -0.25) is 5.10 Å². The van der Waals surface area contributed by atoms with Crippen molar-refractivity contribution < 1.29 is 5.11 Å². The lowest BCUT2D eigenvalue weighted by atomic mass is 10.1. The van der Waals surface area contributed by atoms with Gasteiger partial charge in [0.2, 0.25) is 0 Å². The highest BCUT2D eigenvalue weighted by molar-refractivity contribution is 5.26. The molecule has 5 heteroatoms. The Morgan fingerprint density at radius 3 is 2.79 bits per heavy atom. The lowest BCUT2D eigenvalue weighted by Gasteiger charge is -2.13. The molecule has 1 unspecified atom stereocenters. The van der Waals surface area contributed by atoms with Crippen LogP contribution in [-0.4, -0.2) is 32.9 Å². The molecule has 0 bridgehead atoms. The smallest absolute Gasteiger partial charge is 0.137 e. The Balaban J connectivity index is 1.64. The van der Waals surface area contributed by atoms with E-state index in [-0.39, 0.29) is 0 Å². The van der Waals surface area contributed by atoms with Gasteiger partial charge in [-0.05, 0) is 44.0 Å². The van der Waals surface area contributed by atoms with Gasteiger partial charge in [0.1, 0.15) is 17.9 Å².